The average Bonchev–Trinajstić information content (AvgIpc) is 2.96. The lowest BCUT2D eigenvalue weighted by atomic mass is 10.2. The van der Waals surface area contributed by atoms with Crippen LogP contribution in [0.1, 0.15) is 24.6 Å². The lowest BCUT2D eigenvalue weighted by Crippen LogP contribution is -2.18. The molecule has 0 spiro atoms. The highest BCUT2D eigenvalue weighted by atomic mass is 32.1. The molecule has 3 heteroatoms. The zero-order valence-electron chi connectivity index (χ0n) is 10.4. The monoisotopic (exact) mass is 248 g/mol. The molecule has 0 aliphatic carbocycles. The van der Waals surface area contributed by atoms with Gasteiger partial charge in [0.15, 0.2) is 0 Å². The molecule has 2 aromatic rings. The number of aryl methyl sites for hydroxylation is 1. The van der Waals surface area contributed by atoms with Crippen molar-refractivity contribution in [1.29, 1.82) is 0 Å². The lowest BCUT2D eigenvalue weighted by molar-refractivity contribution is 0.603. The maximum absolute atomic E-state index is 3.51. The number of nitrogens with zero attached hydrogens (tertiary/aromatic N) is 1. The van der Waals surface area contributed by atoms with Crippen LogP contribution < -0.4 is 5.32 Å². The van der Waals surface area contributed by atoms with Crippen LogP contribution >= 0.6 is 11.3 Å². The van der Waals surface area contributed by atoms with E-state index in [4.69, 9.17) is 0 Å². The SMILES string of the molecule is CCCn1cccc1CNCCc1ccsc1. The van der Waals surface area contributed by atoms with E-state index in [0.717, 1.165) is 26.1 Å². The molecular formula is C14H20N2S. The second-order valence-corrected chi connectivity index (χ2v) is 5.03. The summed E-state index contributed by atoms with van der Waals surface area (Å²) in [7, 11) is 0. The van der Waals surface area contributed by atoms with Gasteiger partial charge in [0.25, 0.3) is 0 Å². The topological polar surface area (TPSA) is 17.0 Å². The van der Waals surface area contributed by atoms with Gasteiger partial charge in [-0.05, 0) is 53.9 Å². The van der Waals surface area contributed by atoms with Gasteiger partial charge in [0.1, 0.15) is 0 Å². The summed E-state index contributed by atoms with van der Waals surface area (Å²) in [6.45, 7) is 5.35. The van der Waals surface area contributed by atoms with Crippen LogP contribution in [0.5, 0.6) is 0 Å². The summed E-state index contributed by atoms with van der Waals surface area (Å²) in [6.07, 6.45) is 4.48. The van der Waals surface area contributed by atoms with Gasteiger partial charge >= 0.3 is 0 Å². The first-order valence-corrected chi connectivity index (χ1v) is 7.20. The zero-order valence-corrected chi connectivity index (χ0v) is 11.2. The van der Waals surface area contributed by atoms with Crippen LogP contribution in [0.3, 0.4) is 0 Å². The van der Waals surface area contributed by atoms with E-state index in [0.29, 0.717) is 0 Å². The van der Waals surface area contributed by atoms with Crippen LogP contribution in [0, 0.1) is 0 Å². The minimum absolute atomic E-state index is 0.969. The average molecular weight is 248 g/mol. The molecular weight excluding hydrogens is 228 g/mol. The van der Waals surface area contributed by atoms with Gasteiger partial charge in [0, 0.05) is 25.0 Å². The Kier molecular flexibility index (Phi) is 4.83. The van der Waals surface area contributed by atoms with Crippen LogP contribution in [0.2, 0.25) is 0 Å². The van der Waals surface area contributed by atoms with E-state index in [1.807, 2.05) is 0 Å². The Balaban J connectivity index is 1.72. The summed E-state index contributed by atoms with van der Waals surface area (Å²) in [5, 5.41) is 7.87. The smallest absolute Gasteiger partial charge is 0.0359 e. The van der Waals surface area contributed by atoms with Crippen LogP contribution in [0.15, 0.2) is 35.2 Å². The number of rotatable bonds is 7. The van der Waals surface area contributed by atoms with Gasteiger partial charge < -0.3 is 9.88 Å². The summed E-state index contributed by atoms with van der Waals surface area (Å²) in [4.78, 5) is 0. The number of nitrogens with one attached hydrogen (secondary N) is 1. The molecule has 2 heterocycles. The predicted octanol–water partition coefficient (Wildman–Crippen LogP) is 3.29. The summed E-state index contributed by atoms with van der Waals surface area (Å²) in [6, 6.07) is 6.53. The number of hydrogen-bond donors (Lipinski definition) is 1. The van der Waals surface area contributed by atoms with Gasteiger partial charge in [0.2, 0.25) is 0 Å². The van der Waals surface area contributed by atoms with Crippen molar-refractivity contribution in [3.8, 4) is 0 Å². The van der Waals surface area contributed by atoms with Gasteiger partial charge in [-0.1, -0.05) is 6.92 Å². The van der Waals surface area contributed by atoms with Gasteiger partial charge in [-0.15, -0.1) is 0 Å². The highest BCUT2D eigenvalue weighted by Crippen LogP contribution is 2.06. The molecule has 2 rings (SSSR count). The number of aromatic nitrogens is 1. The molecule has 92 valence electrons. The summed E-state index contributed by atoms with van der Waals surface area (Å²) >= 11 is 1.77. The Labute approximate surface area is 107 Å². The van der Waals surface area contributed by atoms with Crippen molar-refractivity contribution in [2.24, 2.45) is 0 Å². The molecule has 17 heavy (non-hydrogen) atoms. The zero-order chi connectivity index (χ0) is 11.9. The normalized spacial score (nSPS) is 10.9. The molecule has 0 amide bonds. The fourth-order valence-electron chi connectivity index (χ4n) is 1.95. The molecule has 0 saturated carbocycles. The lowest BCUT2D eigenvalue weighted by Gasteiger charge is -2.08. The quantitative estimate of drug-likeness (QED) is 0.744. The maximum Gasteiger partial charge on any atom is 0.0359 e. The Morgan fingerprint density at radius 2 is 2.29 bits per heavy atom. The molecule has 0 saturated heterocycles. The molecule has 2 aromatic heterocycles. The molecule has 0 fully saturated rings. The number of hydrogen-bond acceptors (Lipinski definition) is 2. The van der Waals surface area contributed by atoms with Gasteiger partial charge in [-0.25, -0.2) is 0 Å². The second kappa shape index (κ2) is 6.62. The molecule has 0 atom stereocenters. The van der Waals surface area contributed by atoms with Crippen molar-refractivity contribution < 1.29 is 0 Å². The summed E-state index contributed by atoms with van der Waals surface area (Å²) < 4.78 is 2.33. The Hall–Kier alpha value is -1.06. The van der Waals surface area contributed by atoms with Gasteiger partial charge in [-0.2, -0.15) is 11.3 Å². The fourth-order valence-corrected chi connectivity index (χ4v) is 2.66. The minimum atomic E-state index is 0.969. The predicted molar refractivity (Wildman–Crippen MR) is 74.5 cm³/mol. The first-order valence-electron chi connectivity index (χ1n) is 6.26. The Morgan fingerprint density at radius 1 is 1.35 bits per heavy atom. The van der Waals surface area contributed by atoms with Crippen molar-refractivity contribution in [1.82, 2.24) is 9.88 Å². The van der Waals surface area contributed by atoms with Crippen LogP contribution in [-0.2, 0) is 19.5 Å². The Morgan fingerprint density at radius 3 is 3.06 bits per heavy atom. The van der Waals surface area contributed by atoms with E-state index < -0.39 is 0 Å². The standard InChI is InChI=1S/C14H20N2S/c1-2-8-16-9-3-4-14(16)11-15-7-5-13-6-10-17-12-13/h3-4,6,9-10,12,15H,2,5,7-8,11H2,1H3. The maximum atomic E-state index is 3.51. The van der Waals surface area contributed by atoms with Crippen molar-refractivity contribution in [3.05, 3.63) is 46.4 Å². The van der Waals surface area contributed by atoms with Gasteiger partial charge in [-0.3, -0.25) is 0 Å². The summed E-state index contributed by atoms with van der Waals surface area (Å²) in [5.74, 6) is 0. The molecule has 1 N–H and O–H groups in total. The fraction of sp³-hybridized carbons (Fsp3) is 0.429. The molecule has 0 radical (unpaired) electrons. The van der Waals surface area contributed by atoms with Crippen molar-refractivity contribution in [3.63, 3.8) is 0 Å². The van der Waals surface area contributed by atoms with E-state index in [9.17, 15) is 0 Å². The third-order valence-electron chi connectivity index (χ3n) is 2.86. The van der Waals surface area contributed by atoms with E-state index >= 15 is 0 Å². The van der Waals surface area contributed by atoms with E-state index in [1.54, 1.807) is 11.3 Å². The Bertz CT molecular complexity index is 417. The van der Waals surface area contributed by atoms with E-state index in [-0.39, 0.29) is 0 Å². The van der Waals surface area contributed by atoms with Crippen LogP contribution in [-0.4, -0.2) is 11.1 Å². The van der Waals surface area contributed by atoms with E-state index in [2.05, 4.69) is 52.0 Å². The van der Waals surface area contributed by atoms with Crippen molar-refractivity contribution in [2.75, 3.05) is 6.54 Å². The first-order chi connectivity index (χ1) is 8.40. The molecule has 0 aromatic carbocycles. The van der Waals surface area contributed by atoms with Crippen molar-refractivity contribution in [2.45, 2.75) is 32.9 Å². The third kappa shape index (κ3) is 3.72. The van der Waals surface area contributed by atoms with Gasteiger partial charge in [0.05, 0.1) is 0 Å². The highest BCUT2D eigenvalue weighted by Gasteiger charge is 1.99. The molecule has 0 aliphatic heterocycles. The first kappa shape index (κ1) is 12.4. The molecule has 0 aliphatic rings. The largest absolute Gasteiger partial charge is 0.350 e. The minimum Gasteiger partial charge on any atom is -0.350 e. The molecule has 0 bridgehead atoms. The van der Waals surface area contributed by atoms with Crippen LogP contribution in [0.25, 0.3) is 0 Å². The number of thiophene rings is 1. The van der Waals surface area contributed by atoms with Crippen LogP contribution in [0.4, 0.5) is 0 Å². The third-order valence-corrected chi connectivity index (χ3v) is 3.60. The highest BCUT2D eigenvalue weighted by molar-refractivity contribution is 7.07. The second-order valence-electron chi connectivity index (χ2n) is 4.25. The summed E-state index contributed by atoms with van der Waals surface area (Å²) in [5.41, 5.74) is 2.82. The van der Waals surface area contributed by atoms with E-state index in [1.165, 1.54) is 17.7 Å². The molecule has 0 unspecified atom stereocenters. The molecule has 2 nitrogen and oxygen atoms in total. The van der Waals surface area contributed by atoms with Crippen molar-refractivity contribution >= 4 is 11.3 Å².